The van der Waals surface area contributed by atoms with Crippen LogP contribution in [0.15, 0.2) is 0 Å². The summed E-state index contributed by atoms with van der Waals surface area (Å²) < 4.78 is 5.30. The SMILES string of the molecule is CCCC(N)CC(=O)N1CCOCC1C(=O)NCC. The number of rotatable bonds is 6. The Morgan fingerprint density at radius 1 is 1.47 bits per heavy atom. The van der Waals surface area contributed by atoms with Gasteiger partial charge >= 0.3 is 0 Å². The number of likely N-dealkylation sites (N-methyl/N-ethyl adjacent to an activating group) is 1. The van der Waals surface area contributed by atoms with E-state index in [2.05, 4.69) is 5.32 Å². The van der Waals surface area contributed by atoms with E-state index < -0.39 is 6.04 Å². The maximum atomic E-state index is 12.2. The lowest BCUT2D eigenvalue weighted by Gasteiger charge is -2.35. The molecule has 2 amide bonds. The van der Waals surface area contributed by atoms with Crippen LogP contribution in [0.2, 0.25) is 0 Å². The summed E-state index contributed by atoms with van der Waals surface area (Å²) in [7, 11) is 0. The van der Waals surface area contributed by atoms with E-state index in [0.717, 1.165) is 12.8 Å². The van der Waals surface area contributed by atoms with Gasteiger partial charge in [-0.1, -0.05) is 13.3 Å². The van der Waals surface area contributed by atoms with Gasteiger partial charge in [-0.3, -0.25) is 9.59 Å². The van der Waals surface area contributed by atoms with Crippen LogP contribution in [0.4, 0.5) is 0 Å². The Labute approximate surface area is 114 Å². The smallest absolute Gasteiger partial charge is 0.245 e. The summed E-state index contributed by atoms with van der Waals surface area (Å²) in [4.78, 5) is 25.7. The molecule has 1 aliphatic rings. The van der Waals surface area contributed by atoms with Gasteiger partial charge in [0, 0.05) is 25.6 Å². The molecule has 3 N–H and O–H groups in total. The van der Waals surface area contributed by atoms with Crippen LogP contribution in [-0.2, 0) is 14.3 Å². The summed E-state index contributed by atoms with van der Waals surface area (Å²) in [6.07, 6.45) is 2.07. The van der Waals surface area contributed by atoms with E-state index in [9.17, 15) is 9.59 Å². The van der Waals surface area contributed by atoms with Crippen LogP contribution in [0.3, 0.4) is 0 Å². The number of hydrogen-bond acceptors (Lipinski definition) is 4. The van der Waals surface area contributed by atoms with E-state index in [0.29, 0.717) is 26.1 Å². The molecule has 19 heavy (non-hydrogen) atoms. The first-order valence-corrected chi connectivity index (χ1v) is 7.00. The highest BCUT2D eigenvalue weighted by atomic mass is 16.5. The normalized spacial score (nSPS) is 21.0. The van der Waals surface area contributed by atoms with Gasteiger partial charge in [0.05, 0.1) is 13.2 Å². The minimum Gasteiger partial charge on any atom is -0.377 e. The summed E-state index contributed by atoms with van der Waals surface area (Å²) in [6, 6.07) is -0.648. The zero-order valence-electron chi connectivity index (χ0n) is 11.9. The average molecular weight is 271 g/mol. The maximum absolute atomic E-state index is 12.2. The molecule has 1 heterocycles. The van der Waals surface area contributed by atoms with Gasteiger partial charge in [-0.05, 0) is 13.3 Å². The van der Waals surface area contributed by atoms with Crippen molar-refractivity contribution in [3.63, 3.8) is 0 Å². The van der Waals surface area contributed by atoms with Crippen molar-refractivity contribution in [3.8, 4) is 0 Å². The molecule has 0 aromatic rings. The topological polar surface area (TPSA) is 84.7 Å². The highest BCUT2D eigenvalue weighted by molar-refractivity contribution is 5.88. The predicted molar refractivity (Wildman–Crippen MR) is 72.5 cm³/mol. The molecule has 1 rings (SSSR count). The third-order valence-electron chi connectivity index (χ3n) is 3.20. The fourth-order valence-electron chi connectivity index (χ4n) is 2.23. The second-order valence-electron chi connectivity index (χ2n) is 4.83. The molecule has 0 spiro atoms. The molecular weight excluding hydrogens is 246 g/mol. The number of carbonyl (C=O) groups excluding carboxylic acids is 2. The first-order chi connectivity index (χ1) is 9.10. The number of nitrogens with zero attached hydrogens (tertiary/aromatic N) is 1. The molecule has 2 atom stereocenters. The number of nitrogens with two attached hydrogens (primary N) is 1. The molecule has 110 valence electrons. The Hall–Kier alpha value is -1.14. The second-order valence-corrected chi connectivity index (χ2v) is 4.83. The third-order valence-corrected chi connectivity index (χ3v) is 3.20. The molecule has 0 aromatic carbocycles. The van der Waals surface area contributed by atoms with Gasteiger partial charge in [-0.25, -0.2) is 0 Å². The predicted octanol–water partition coefficient (Wildman–Crippen LogP) is -0.133. The van der Waals surface area contributed by atoms with Crippen molar-refractivity contribution in [1.29, 1.82) is 0 Å². The highest BCUT2D eigenvalue weighted by Crippen LogP contribution is 2.11. The molecule has 0 bridgehead atoms. The fraction of sp³-hybridized carbons (Fsp3) is 0.846. The number of carbonyl (C=O) groups is 2. The maximum Gasteiger partial charge on any atom is 0.245 e. The first-order valence-electron chi connectivity index (χ1n) is 7.00. The van der Waals surface area contributed by atoms with Gasteiger partial charge in [0.15, 0.2) is 0 Å². The van der Waals surface area contributed by atoms with E-state index in [1.807, 2.05) is 13.8 Å². The number of ether oxygens (including phenoxy) is 1. The molecule has 1 saturated heterocycles. The summed E-state index contributed by atoms with van der Waals surface area (Å²) in [6.45, 7) is 5.64. The lowest BCUT2D eigenvalue weighted by Crippen LogP contribution is -2.56. The molecule has 2 unspecified atom stereocenters. The van der Waals surface area contributed by atoms with Crippen LogP contribution < -0.4 is 11.1 Å². The minimum atomic E-state index is -0.518. The molecule has 0 aliphatic carbocycles. The quantitative estimate of drug-likeness (QED) is 0.704. The van der Waals surface area contributed by atoms with Crippen LogP contribution in [-0.4, -0.2) is 55.1 Å². The monoisotopic (exact) mass is 271 g/mol. The Balaban J connectivity index is 2.60. The first kappa shape index (κ1) is 15.9. The lowest BCUT2D eigenvalue weighted by molar-refractivity contribution is -0.148. The Kier molecular flexibility index (Phi) is 6.80. The minimum absolute atomic E-state index is 0.0551. The largest absolute Gasteiger partial charge is 0.377 e. The van der Waals surface area contributed by atoms with Crippen molar-refractivity contribution >= 4 is 11.8 Å². The van der Waals surface area contributed by atoms with Gasteiger partial charge in [0.25, 0.3) is 0 Å². The van der Waals surface area contributed by atoms with Crippen molar-refractivity contribution in [2.45, 2.75) is 45.2 Å². The molecular formula is C13H25N3O3. The van der Waals surface area contributed by atoms with Crippen molar-refractivity contribution in [2.75, 3.05) is 26.3 Å². The van der Waals surface area contributed by atoms with Gasteiger partial charge in [-0.2, -0.15) is 0 Å². The van der Waals surface area contributed by atoms with Crippen molar-refractivity contribution in [1.82, 2.24) is 10.2 Å². The van der Waals surface area contributed by atoms with Crippen molar-refractivity contribution in [2.24, 2.45) is 5.73 Å². The van der Waals surface area contributed by atoms with E-state index in [1.165, 1.54) is 0 Å². The van der Waals surface area contributed by atoms with E-state index in [4.69, 9.17) is 10.5 Å². The molecule has 6 nitrogen and oxygen atoms in total. The number of morpholine rings is 1. The Morgan fingerprint density at radius 2 is 2.21 bits per heavy atom. The lowest BCUT2D eigenvalue weighted by atomic mass is 10.1. The Bertz CT molecular complexity index is 310. The van der Waals surface area contributed by atoms with E-state index >= 15 is 0 Å². The molecule has 0 saturated carbocycles. The summed E-state index contributed by atoms with van der Waals surface area (Å²) >= 11 is 0. The van der Waals surface area contributed by atoms with E-state index in [-0.39, 0.29) is 24.5 Å². The van der Waals surface area contributed by atoms with Gasteiger partial charge in [-0.15, -0.1) is 0 Å². The van der Waals surface area contributed by atoms with Crippen molar-refractivity contribution < 1.29 is 14.3 Å². The third kappa shape index (κ3) is 4.80. The zero-order valence-corrected chi connectivity index (χ0v) is 11.9. The molecule has 0 radical (unpaired) electrons. The summed E-state index contributed by atoms with van der Waals surface area (Å²) in [5, 5.41) is 2.73. The average Bonchev–Trinajstić information content (AvgIpc) is 2.39. The molecule has 6 heteroatoms. The van der Waals surface area contributed by atoms with Crippen molar-refractivity contribution in [3.05, 3.63) is 0 Å². The van der Waals surface area contributed by atoms with Crippen LogP contribution >= 0.6 is 0 Å². The van der Waals surface area contributed by atoms with Gasteiger partial charge in [0.1, 0.15) is 6.04 Å². The number of amides is 2. The fourth-order valence-corrected chi connectivity index (χ4v) is 2.23. The highest BCUT2D eigenvalue weighted by Gasteiger charge is 2.32. The Morgan fingerprint density at radius 3 is 2.84 bits per heavy atom. The number of nitrogens with one attached hydrogen (secondary N) is 1. The van der Waals surface area contributed by atoms with Gasteiger partial charge < -0.3 is 20.7 Å². The molecule has 1 fully saturated rings. The second kappa shape index (κ2) is 8.12. The standard InChI is InChI=1S/C13H25N3O3/c1-3-5-10(14)8-12(17)16-6-7-19-9-11(16)13(18)15-4-2/h10-11H,3-9,14H2,1-2H3,(H,15,18). The van der Waals surface area contributed by atoms with Crippen LogP contribution in [0.25, 0.3) is 0 Å². The molecule has 1 aliphatic heterocycles. The van der Waals surface area contributed by atoms with Crippen LogP contribution in [0.1, 0.15) is 33.1 Å². The summed E-state index contributed by atoms with van der Waals surface area (Å²) in [5.74, 6) is -0.208. The van der Waals surface area contributed by atoms with Crippen LogP contribution in [0, 0.1) is 0 Å². The van der Waals surface area contributed by atoms with Crippen LogP contribution in [0.5, 0.6) is 0 Å². The zero-order chi connectivity index (χ0) is 14.3. The van der Waals surface area contributed by atoms with E-state index in [1.54, 1.807) is 4.90 Å². The summed E-state index contributed by atoms with van der Waals surface area (Å²) in [5.41, 5.74) is 5.89. The number of hydrogen-bond donors (Lipinski definition) is 2. The molecule has 0 aromatic heterocycles. The van der Waals surface area contributed by atoms with Gasteiger partial charge in [0.2, 0.25) is 11.8 Å².